The molecule has 0 aromatic carbocycles. The Kier molecular flexibility index (Phi) is 29.8. The Labute approximate surface area is 337 Å². The molecule has 0 aliphatic carbocycles. The van der Waals surface area contributed by atoms with Crippen LogP contribution in [0, 0.1) is 5.41 Å². The minimum absolute atomic E-state index is 0.0251. The van der Waals surface area contributed by atoms with Crippen LogP contribution >= 0.6 is 0 Å². The van der Waals surface area contributed by atoms with Gasteiger partial charge in [-0.2, -0.15) is 0 Å². The molecule has 0 radical (unpaired) electrons. The molecule has 0 aliphatic rings. The van der Waals surface area contributed by atoms with Crippen LogP contribution in [0.4, 0.5) is 0 Å². The van der Waals surface area contributed by atoms with Gasteiger partial charge in [0.1, 0.15) is 0 Å². The van der Waals surface area contributed by atoms with Gasteiger partial charge in [-0.25, -0.2) is 0 Å². The Morgan fingerprint density at radius 2 is 0.526 bits per heavy atom. The van der Waals surface area contributed by atoms with Gasteiger partial charge in [-0.3, -0.25) is 28.8 Å². The Bertz CT molecular complexity index is 1020. The second-order valence-electron chi connectivity index (χ2n) is 15.3. The minimum atomic E-state index is -1.54. The molecule has 16 nitrogen and oxygen atoms in total. The van der Waals surface area contributed by atoms with Crippen molar-refractivity contribution in [3.63, 3.8) is 0 Å². The van der Waals surface area contributed by atoms with Crippen molar-refractivity contribution in [1.82, 2.24) is 0 Å². The molecule has 0 spiro atoms. The summed E-state index contributed by atoms with van der Waals surface area (Å²) in [5.74, 6) is -5.64. The molecule has 0 fully saturated rings. The van der Waals surface area contributed by atoms with Crippen LogP contribution in [-0.4, -0.2) is 114 Å². The van der Waals surface area contributed by atoms with E-state index in [-0.39, 0.29) is 77.4 Å². The number of hydrogen-bond acceptors (Lipinski definition) is 10. The molecule has 0 heterocycles. The third kappa shape index (κ3) is 23.0. The fourth-order valence-electron chi connectivity index (χ4n) is 7.91. The maximum Gasteiger partial charge on any atom is 0.303 e. The molecule has 8 N–H and O–H groups in total. The van der Waals surface area contributed by atoms with E-state index in [1.807, 2.05) is 0 Å². The first-order valence-corrected chi connectivity index (χ1v) is 20.9. The van der Waals surface area contributed by atoms with Crippen LogP contribution in [0.5, 0.6) is 0 Å². The van der Waals surface area contributed by atoms with Crippen molar-refractivity contribution < 1.29 is 79.1 Å². The summed E-state index contributed by atoms with van der Waals surface area (Å²) < 4.78 is 13.9. The van der Waals surface area contributed by atoms with Crippen molar-refractivity contribution in [1.29, 1.82) is 0 Å². The van der Waals surface area contributed by atoms with Gasteiger partial charge in [0, 0.05) is 51.7 Å². The average Bonchev–Trinajstić information content (AvgIpc) is 3.13. The molecule has 57 heavy (non-hydrogen) atoms. The maximum atomic E-state index is 11.8. The van der Waals surface area contributed by atoms with Crippen LogP contribution in [0.15, 0.2) is 0 Å². The van der Waals surface area contributed by atoms with E-state index in [2.05, 4.69) is 0 Å². The maximum absolute atomic E-state index is 11.8. The Morgan fingerprint density at radius 3 is 0.719 bits per heavy atom. The number of aliphatic carboxylic acids is 6. The van der Waals surface area contributed by atoms with E-state index in [1.54, 1.807) is 0 Å². The van der Waals surface area contributed by atoms with Gasteiger partial charge < -0.3 is 50.3 Å². The number of hydrogen-bond donors (Lipinski definition) is 8. The van der Waals surface area contributed by atoms with Gasteiger partial charge in [-0.05, 0) is 77.0 Å². The van der Waals surface area contributed by atoms with E-state index in [0.717, 1.165) is 0 Å². The van der Waals surface area contributed by atoms with Gasteiger partial charge in [0.15, 0.2) is 0 Å². The summed E-state index contributed by atoms with van der Waals surface area (Å²) >= 11 is 0. The number of aliphatic hydroxyl groups excluding tert-OH is 2. The molecule has 16 heteroatoms. The average molecular weight is 821 g/mol. The topological polar surface area (TPSA) is 283 Å². The van der Waals surface area contributed by atoms with Gasteiger partial charge in [0.05, 0.1) is 29.8 Å². The smallest absolute Gasteiger partial charge is 0.303 e. The second kappa shape index (κ2) is 31.6. The van der Waals surface area contributed by atoms with Gasteiger partial charge in [-0.15, -0.1) is 0 Å². The molecular weight excluding hydrogens is 748 g/mol. The lowest BCUT2D eigenvalue weighted by Crippen LogP contribution is -2.68. The lowest BCUT2D eigenvalue weighted by molar-refractivity contribution is -0.274. The van der Waals surface area contributed by atoms with E-state index in [1.165, 1.54) is 0 Å². The summed E-state index contributed by atoms with van der Waals surface area (Å²) in [7, 11) is 0. The summed E-state index contributed by atoms with van der Waals surface area (Å²) in [5.41, 5.74) is -4.18. The largest absolute Gasteiger partial charge is 0.481 e. The van der Waals surface area contributed by atoms with Crippen LogP contribution in [0.2, 0.25) is 0 Å². The molecule has 0 aromatic rings. The monoisotopic (exact) mass is 820 g/mol. The zero-order valence-corrected chi connectivity index (χ0v) is 34.0. The number of ether oxygens (including phenoxy) is 2. The molecule has 0 aliphatic heterocycles. The number of aliphatic hydroxyl groups is 2. The van der Waals surface area contributed by atoms with Crippen molar-refractivity contribution in [2.75, 3.05) is 26.4 Å². The molecule has 0 bridgehead atoms. The molecule has 0 amide bonds. The highest BCUT2D eigenvalue weighted by Crippen LogP contribution is 2.55. The third-order valence-electron chi connectivity index (χ3n) is 11.0. The van der Waals surface area contributed by atoms with E-state index in [4.69, 9.17) is 19.7 Å². The Balaban J connectivity index is 7.39. The van der Waals surface area contributed by atoms with Crippen molar-refractivity contribution >= 4 is 35.8 Å². The SMILES string of the molecule is O=C(O)CCCCCOC(CCCCCC(=O)O)(CCCCCC(=O)O)C(CO)(CO)C(CCCCCC(=O)O)(CCCCCC(=O)O)OCCCCCC(=O)O. The highest BCUT2D eigenvalue weighted by molar-refractivity contribution is 5.68. The summed E-state index contributed by atoms with van der Waals surface area (Å²) in [5, 5.41) is 79.1. The minimum Gasteiger partial charge on any atom is -0.481 e. The fraction of sp³-hybridized carbons (Fsp3) is 0.854. The first kappa shape index (κ1) is 53.7. The number of unbranched alkanes of at least 4 members (excludes halogenated alkanes) is 12. The van der Waals surface area contributed by atoms with E-state index >= 15 is 0 Å². The van der Waals surface area contributed by atoms with Gasteiger partial charge in [0.2, 0.25) is 0 Å². The van der Waals surface area contributed by atoms with E-state index in [0.29, 0.717) is 116 Å². The second-order valence-corrected chi connectivity index (χ2v) is 15.3. The lowest BCUT2D eigenvalue weighted by atomic mass is 9.56. The Morgan fingerprint density at radius 1 is 0.316 bits per heavy atom. The molecular formula is C41H72O16. The molecule has 332 valence electrons. The first-order chi connectivity index (χ1) is 27.1. The number of carboxylic acids is 6. The summed E-state index contributed by atoms with van der Waals surface area (Å²) in [6, 6.07) is 0. The predicted molar refractivity (Wildman–Crippen MR) is 209 cm³/mol. The molecule has 0 atom stereocenters. The van der Waals surface area contributed by atoms with Crippen molar-refractivity contribution in [2.24, 2.45) is 5.41 Å². The van der Waals surface area contributed by atoms with Crippen LogP contribution < -0.4 is 0 Å². The zero-order valence-electron chi connectivity index (χ0n) is 34.0. The summed E-state index contributed by atoms with van der Waals surface area (Å²) in [4.78, 5) is 67.8. The van der Waals surface area contributed by atoms with Crippen molar-refractivity contribution in [3.8, 4) is 0 Å². The number of carboxylic acid groups (broad SMARTS) is 6. The van der Waals surface area contributed by atoms with Crippen molar-refractivity contribution in [2.45, 2.75) is 191 Å². The van der Waals surface area contributed by atoms with Gasteiger partial charge in [0.25, 0.3) is 0 Å². The number of carbonyl (C=O) groups is 6. The first-order valence-electron chi connectivity index (χ1n) is 20.9. The lowest BCUT2D eigenvalue weighted by Gasteiger charge is -2.59. The van der Waals surface area contributed by atoms with E-state index < -0.39 is 65.6 Å². The van der Waals surface area contributed by atoms with Crippen molar-refractivity contribution in [3.05, 3.63) is 0 Å². The Hall–Kier alpha value is -3.34. The standard InChI is InChI=1S/C41H72O16/c42-31-39(32-43,40(25-13-1-7-19-33(44)45,26-14-2-8-20-34(46)47)56-29-17-5-11-23-37(52)53)41(27-15-3-9-21-35(48)49,28-16-4-10-22-36(50)51)57-30-18-6-12-24-38(54)55/h42-43H,1-32H2,(H,44,45)(H,46,47)(H,48,49)(H,50,51)(H,52,53)(H,54,55). The van der Waals surface area contributed by atoms with E-state index in [9.17, 15) is 59.4 Å². The zero-order chi connectivity index (χ0) is 43.0. The molecule has 0 aromatic heterocycles. The quantitative estimate of drug-likeness (QED) is 0.0291. The van der Waals surface area contributed by atoms with Crippen LogP contribution in [-0.2, 0) is 38.2 Å². The fourth-order valence-corrected chi connectivity index (χ4v) is 7.91. The third-order valence-corrected chi connectivity index (χ3v) is 11.0. The van der Waals surface area contributed by atoms with Crippen LogP contribution in [0.1, 0.15) is 180 Å². The van der Waals surface area contributed by atoms with Crippen LogP contribution in [0.3, 0.4) is 0 Å². The molecule has 0 saturated carbocycles. The molecule has 0 rings (SSSR count). The molecule has 0 unspecified atom stereocenters. The number of rotatable bonds is 42. The van der Waals surface area contributed by atoms with Gasteiger partial charge in [-0.1, -0.05) is 64.2 Å². The highest BCUT2D eigenvalue weighted by Gasteiger charge is 2.63. The normalized spacial score (nSPS) is 12.1. The summed E-state index contributed by atoms with van der Waals surface area (Å²) in [6.07, 6.45) is 8.82. The predicted octanol–water partition coefficient (Wildman–Crippen LogP) is 6.90. The van der Waals surface area contributed by atoms with Crippen LogP contribution in [0.25, 0.3) is 0 Å². The highest BCUT2D eigenvalue weighted by atomic mass is 16.5. The van der Waals surface area contributed by atoms with Gasteiger partial charge >= 0.3 is 35.8 Å². The summed E-state index contributed by atoms with van der Waals surface area (Å²) in [6.45, 7) is -0.964. The molecule has 0 saturated heterocycles.